The Balaban J connectivity index is 1.31. The van der Waals surface area contributed by atoms with Gasteiger partial charge >= 0.3 is 12.3 Å². The Morgan fingerprint density at radius 2 is 1.50 bits per heavy atom. The Morgan fingerprint density at radius 3 is 2.03 bits per heavy atom. The summed E-state index contributed by atoms with van der Waals surface area (Å²) < 4.78 is 44.1. The fourth-order valence-corrected chi connectivity index (χ4v) is 5.06. The van der Waals surface area contributed by atoms with Gasteiger partial charge < -0.3 is 20.3 Å². The lowest BCUT2D eigenvalue weighted by molar-refractivity contribution is -0.137. The van der Waals surface area contributed by atoms with Crippen molar-refractivity contribution < 1.29 is 32.9 Å². The molecule has 5 nitrogen and oxygen atoms in total. The molecule has 4 rings (SSSR count). The Bertz CT molecular complexity index is 1200. The van der Waals surface area contributed by atoms with Gasteiger partial charge in [0.25, 0.3) is 0 Å². The first kappa shape index (κ1) is 26.3. The quantitative estimate of drug-likeness (QED) is 0.327. The number of aliphatic hydroxyl groups excluding tert-OH is 2. The van der Waals surface area contributed by atoms with E-state index in [9.17, 15) is 28.2 Å². The first-order valence-corrected chi connectivity index (χ1v) is 11.8. The lowest BCUT2D eigenvalue weighted by Crippen LogP contribution is -2.30. The maximum atomic E-state index is 12.9. The predicted octanol–water partition coefficient (Wildman–Crippen LogP) is 6.34. The number of halogens is 5. The van der Waals surface area contributed by atoms with E-state index >= 15 is 0 Å². The number of amides is 1. The van der Waals surface area contributed by atoms with E-state index < -0.39 is 40.1 Å². The van der Waals surface area contributed by atoms with E-state index in [1.807, 2.05) is 48.5 Å². The van der Waals surface area contributed by atoms with E-state index in [1.165, 1.54) is 0 Å². The number of nitrogens with one attached hydrogen (secondary N) is 1. The van der Waals surface area contributed by atoms with Gasteiger partial charge in [0, 0.05) is 28.1 Å². The molecule has 3 aromatic carbocycles. The second-order valence-electron chi connectivity index (χ2n) is 8.40. The predicted molar refractivity (Wildman–Crippen MR) is 130 cm³/mol. The van der Waals surface area contributed by atoms with Crippen molar-refractivity contribution in [2.24, 2.45) is 0 Å². The number of carbonyl (C=O) groups is 1. The van der Waals surface area contributed by atoms with Gasteiger partial charge in [-0.25, -0.2) is 4.79 Å². The summed E-state index contributed by atoms with van der Waals surface area (Å²) in [5.74, 6) is -0.112. The summed E-state index contributed by atoms with van der Waals surface area (Å²) in [6, 6.07) is 17.1. The normalized spacial score (nSPS) is 14.6. The monoisotopic (exact) mass is 539 g/mol. The summed E-state index contributed by atoms with van der Waals surface area (Å²) in [5, 5.41) is 22.4. The fourth-order valence-electron chi connectivity index (χ4n) is 4.35. The largest absolute Gasteiger partial charge is 0.449 e. The number of alkyl carbamates (subject to hydrolysis) is 1. The van der Waals surface area contributed by atoms with Crippen molar-refractivity contribution in [3.05, 3.63) is 93.0 Å². The van der Waals surface area contributed by atoms with Crippen LogP contribution in [0.25, 0.3) is 11.1 Å². The molecule has 1 aliphatic rings. The third-order valence-corrected chi connectivity index (χ3v) is 6.75. The first-order chi connectivity index (χ1) is 17.1. The van der Waals surface area contributed by atoms with Crippen molar-refractivity contribution >= 4 is 29.3 Å². The Hall–Kier alpha value is -2.78. The third-order valence-electron chi connectivity index (χ3n) is 6.12. The molecule has 1 aliphatic carbocycles. The van der Waals surface area contributed by atoms with Crippen molar-refractivity contribution in [3.63, 3.8) is 0 Å². The van der Waals surface area contributed by atoms with Gasteiger partial charge in [0.1, 0.15) is 12.7 Å². The molecule has 0 saturated heterocycles. The number of benzene rings is 3. The van der Waals surface area contributed by atoms with Gasteiger partial charge in [-0.3, -0.25) is 0 Å². The standard InChI is InChI=1S/C26H22Cl2F3NO4/c27-20-11-14(26(29,30)31)12-21(28)23(20)24(34)22(33)9-10-32-25(35)36-13-19-17-7-3-1-5-15(17)16-6-2-4-8-18(16)19/h1-8,11-12,19,22,24,33-34H,9-10,13H2,(H,32,35). The molecule has 10 heteroatoms. The van der Waals surface area contributed by atoms with Crippen LogP contribution in [0.2, 0.25) is 10.0 Å². The summed E-state index contributed by atoms with van der Waals surface area (Å²) in [4.78, 5) is 12.3. The second kappa shape index (κ2) is 10.7. The molecule has 3 aromatic rings. The highest BCUT2D eigenvalue weighted by Crippen LogP contribution is 2.44. The molecule has 36 heavy (non-hydrogen) atoms. The number of hydrogen-bond acceptors (Lipinski definition) is 4. The van der Waals surface area contributed by atoms with E-state index in [-0.39, 0.29) is 31.1 Å². The summed E-state index contributed by atoms with van der Waals surface area (Å²) >= 11 is 11.8. The van der Waals surface area contributed by atoms with Gasteiger partial charge in [-0.1, -0.05) is 71.7 Å². The molecule has 0 aliphatic heterocycles. The zero-order valence-electron chi connectivity index (χ0n) is 18.7. The minimum absolute atomic E-state index is 0.0647. The number of rotatable bonds is 7. The minimum atomic E-state index is -4.66. The van der Waals surface area contributed by atoms with Gasteiger partial charge in [0.15, 0.2) is 0 Å². The van der Waals surface area contributed by atoms with Crippen molar-refractivity contribution in [3.8, 4) is 11.1 Å². The van der Waals surface area contributed by atoms with E-state index in [2.05, 4.69) is 5.32 Å². The summed E-state index contributed by atoms with van der Waals surface area (Å²) in [7, 11) is 0. The highest BCUT2D eigenvalue weighted by Gasteiger charge is 2.34. The van der Waals surface area contributed by atoms with Crippen LogP contribution in [-0.4, -0.2) is 35.6 Å². The molecular weight excluding hydrogens is 518 g/mol. The van der Waals surface area contributed by atoms with E-state index in [4.69, 9.17) is 27.9 Å². The molecule has 0 spiro atoms. The zero-order chi connectivity index (χ0) is 26.0. The minimum Gasteiger partial charge on any atom is -0.449 e. The van der Waals surface area contributed by atoms with E-state index in [0.29, 0.717) is 12.1 Å². The van der Waals surface area contributed by atoms with Crippen LogP contribution in [0.3, 0.4) is 0 Å². The molecule has 190 valence electrons. The summed E-state index contributed by atoms with van der Waals surface area (Å²) in [6.45, 7) is 0.0482. The van der Waals surface area contributed by atoms with Crippen molar-refractivity contribution in [1.29, 1.82) is 0 Å². The average molecular weight is 540 g/mol. The van der Waals surface area contributed by atoms with Crippen LogP contribution in [0.15, 0.2) is 60.7 Å². The number of carbonyl (C=O) groups excluding carboxylic acids is 1. The summed E-state index contributed by atoms with van der Waals surface area (Å²) in [6.07, 6.45) is -8.60. The third kappa shape index (κ3) is 5.47. The Morgan fingerprint density at radius 1 is 0.972 bits per heavy atom. The fraction of sp³-hybridized carbons (Fsp3) is 0.269. The van der Waals surface area contributed by atoms with Crippen LogP contribution >= 0.6 is 23.2 Å². The van der Waals surface area contributed by atoms with Crippen LogP contribution in [-0.2, 0) is 10.9 Å². The average Bonchev–Trinajstić information content (AvgIpc) is 3.15. The Labute approximate surface area is 215 Å². The van der Waals surface area contributed by atoms with Gasteiger partial charge in [-0.2, -0.15) is 13.2 Å². The second-order valence-corrected chi connectivity index (χ2v) is 9.22. The molecule has 0 bridgehead atoms. The number of aliphatic hydroxyl groups is 2. The molecule has 0 radical (unpaired) electrons. The van der Waals surface area contributed by atoms with Gasteiger partial charge in [-0.15, -0.1) is 0 Å². The Kier molecular flexibility index (Phi) is 7.80. The number of fused-ring (bicyclic) bond motifs is 3. The van der Waals surface area contributed by atoms with Crippen LogP contribution < -0.4 is 5.32 Å². The molecule has 3 N–H and O–H groups in total. The van der Waals surface area contributed by atoms with Gasteiger partial charge in [-0.05, 0) is 40.8 Å². The van der Waals surface area contributed by atoms with Crippen LogP contribution in [0.5, 0.6) is 0 Å². The lowest BCUT2D eigenvalue weighted by Gasteiger charge is -2.21. The zero-order valence-corrected chi connectivity index (χ0v) is 20.2. The molecule has 0 saturated carbocycles. The topological polar surface area (TPSA) is 78.8 Å². The molecule has 2 atom stereocenters. The lowest BCUT2D eigenvalue weighted by atomic mass is 9.98. The smallest absolute Gasteiger partial charge is 0.416 e. The van der Waals surface area contributed by atoms with E-state index in [0.717, 1.165) is 22.3 Å². The van der Waals surface area contributed by atoms with Crippen molar-refractivity contribution in [1.82, 2.24) is 5.32 Å². The highest BCUT2D eigenvalue weighted by molar-refractivity contribution is 6.36. The molecule has 0 heterocycles. The van der Waals surface area contributed by atoms with E-state index in [1.54, 1.807) is 0 Å². The molecular formula is C26H22Cl2F3NO4. The molecule has 0 aromatic heterocycles. The molecule has 2 unspecified atom stereocenters. The van der Waals surface area contributed by atoms with Gasteiger partial charge in [0.2, 0.25) is 0 Å². The first-order valence-electron chi connectivity index (χ1n) is 11.1. The summed E-state index contributed by atoms with van der Waals surface area (Å²) in [5.41, 5.74) is 3.03. The van der Waals surface area contributed by atoms with Gasteiger partial charge in [0.05, 0.1) is 11.7 Å². The van der Waals surface area contributed by atoms with Crippen LogP contribution in [0.4, 0.5) is 18.0 Å². The molecule has 0 fully saturated rings. The number of hydrogen-bond donors (Lipinski definition) is 3. The highest BCUT2D eigenvalue weighted by atomic mass is 35.5. The maximum absolute atomic E-state index is 12.9. The van der Waals surface area contributed by atoms with Crippen LogP contribution in [0, 0.1) is 0 Å². The van der Waals surface area contributed by atoms with Crippen molar-refractivity contribution in [2.75, 3.05) is 13.2 Å². The number of ether oxygens (including phenoxy) is 1. The van der Waals surface area contributed by atoms with Crippen LogP contribution in [0.1, 0.15) is 40.7 Å². The molecule has 1 amide bonds. The maximum Gasteiger partial charge on any atom is 0.416 e. The van der Waals surface area contributed by atoms with Crippen molar-refractivity contribution in [2.45, 2.75) is 30.7 Å². The number of alkyl halides is 3. The SMILES string of the molecule is O=C(NCCC(O)C(O)c1c(Cl)cc(C(F)(F)F)cc1Cl)OCC1c2ccccc2-c2ccccc21.